The van der Waals surface area contributed by atoms with Gasteiger partial charge in [-0.1, -0.05) is 84.4 Å². The number of carboxylic acids is 1. The summed E-state index contributed by atoms with van der Waals surface area (Å²) in [5.41, 5.74) is 4.56. The first-order chi connectivity index (χ1) is 18.6. The maximum absolute atomic E-state index is 11.8. The van der Waals surface area contributed by atoms with E-state index in [1.165, 1.54) is 0 Å². The summed E-state index contributed by atoms with van der Waals surface area (Å²) in [6, 6.07) is 25.8. The number of allylic oxidation sites excluding steroid dienone is 1. The van der Waals surface area contributed by atoms with Crippen molar-refractivity contribution in [1.29, 1.82) is 0 Å². The molecule has 0 radical (unpaired) electrons. The van der Waals surface area contributed by atoms with Crippen LogP contribution in [0.2, 0.25) is 5.02 Å². The lowest BCUT2D eigenvalue weighted by Gasteiger charge is -2.23. The Morgan fingerprint density at radius 3 is 2.46 bits per heavy atom. The van der Waals surface area contributed by atoms with E-state index in [1.807, 2.05) is 78.9 Å². The number of aliphatic carboxylic acids is 1. The zero-order valence-corrected chi connectivity index (χ0v) is 23.6. The van der Waals surface area contributed by atoms with Crippen LogP contribution < -0.4 is 0 Å². The zero-order chi connectivity index (χ0) is 28.0. The summed E-state index contributed by atoms with van der Waals surface area (Å²) in [5, 5.41) is 21.9. The Morgan fingerprint density at radius 2 is 1.74 bits per heavy atom. The molecule has 39 heavy (non-hydrogen) atoms. The number of aromatic nitrogens is 1. The third-order valence-corrected chi connectivity index (χ3v) is 8.20. The third kappa shape index (κ3) is 7.60. The van der Waals surface area contributed by atoms with Crippen LogP contribution in [-0.2, 0) is 10.4 Å². The van der Waals surface area contributed by atoms with Gasteiger partial charge in [-0.3, -0.25) is 4.79 Å². The third-order valence-electron chi connectivity index (χ3n) is 6.50. The molecule has 4 aromatic rings. The molecule has 4 nitrogen and oxygen atoms in total. The first-order valence-corrected chi connectivity index (χ1v) is 14.2. The number of nitrogens with zero attached hydrogens (tertiary/aromatic N) is 1. The summed E-state index contributed by atoms with van der Waals surface area (Å²) in [6.45, 7) is 7.25. The molecule has 6 heteroatoms. The van der Waals surface area contributed by atoms with E-state index in [0.717, 1.165) is 38.9 Å². The predicted molar refractivity (Wildman–Crippen MR) is 164 cm³/mol. The van der Waals surface area contributed by atoms with E-state index in [0.29, 0.717) is 17.2 Å². The largest absolute Gasteiger partial charge is 0.481 e. The second-order valence-electron chi connectivity index (χ2n) is 10.0. The van der Waals surface area contributed by atoms with E-state index < -0.39 is 17.5 Å². The molecular weight excluding hydrogens is 526 g/mol. The number of halogens is 1. The molecule has 0 fully saturated rings. The van der Waals surface area contributed by atoms with Crippen LogP contribution in [-0.4, -0.2) is 26.9 Å². The van der Waals surface area contributed by atoms with Gasteiger partial charge in [0, 0.05) is 16.2 Å². The molecule has 0 aliphatic rings. The minimum absolute atomic E-state index is 0.117. The quantitative estimate of drug-likeness (QED) is 0.181. The van der Waals surface area contributed by atoms with Gasteiger partial charge >= 0.3 is 5.97 Å². The van der Waals surface area contributed by atoms with Crippen molar-refractivity contribution in [2.24, 2.45) is 5.92 Å². The lowest BCUT2D eigenvalue weighted by atomic mass is 9.94. The maximum atomic E-state index is 11.8. The lowest BCUT2D eigenvalue weighted by molar-refractivity contribution is -0.140. The van der Waals surface area contributed by atoms with Crippen molar-refractivity contribution >= 4 is 52.4 Å². The van der Waals surface area contributed by atoms with E-state index >= 15 is 0 Å². The van der Waals surface area contributed by atoms with Gasteiger partial charge in [0.2, 0.25) is 0 Å². The van der Waals surface area contributed by atoms with Gasteiger partial charge in [0.05, 0.1) is 28.0 Å². The maximum Gasteiger partial charge on any atom is 0.307 e. The summed E-state index contributed by atoms with van der Waals surface area (Å²) in [6.07, 6.45) is 6.06. The second kappa shape index (κ2) is 12.6. The number of aliphatic hydroxyl groups is 1. The van der Waals surface area contributed by atoms with E-state index in [9.17, 15) is 15.0 Å². The molecule has 3 aromatic carbocycles. The fraction of sp³-hybridized carbons (Fsp3) is 0.212. The van der Waals surface area contributed by atoms with Gasteiger partial charge in [-0.2, -0.15) is 0 Å². The van der Waals surface area contributed by atoms with Crippen molar-refractivity contribution in [1.82, 2.24) is 4.98 Å². The van der Waals surface area contributed by atoms with Gasteiger partial charge in [-0.05, 0) is 66.8 Å². The van der Waals surface area contributed by atoms with Gasteiger partial charge in [-0.15, -0.1) is 18.3 Å². The van der Waals surface area contributed by atoms with Crippen LogP contribution in [0.3, 0.4) is 0 Å². The molecule has 0 saturated heterocycles. The zero-order valence-electron chi connectivity index (χ0n) is 22.0. The number of rotatable bonds is 11. The van der Waals surface area contributed by atoms with Gasteiger partial charge in [0.15, 0.2) is 0 Å². The second-order valence-corrected chi connectivity index (χ2v) is 11.6. The van der Waals surface area contributed by atoms with Crippen molar-refractivity contribution in [2.75, 3.05) is 5.75 Å². The Kier molecular flexibility index (Phi) is 9.28. The fourth-order valence-corrected chi connectivity index (χ4v) is 5.88. The number of hydrogen-bond donors (Lipinski definition) is 2. The van der Waals surface area contributed by atoms with Crippen molar-refractivity contribution in [3.63, 3.8) is 0 Å². The summed E-state index contributed by atoms with van der Waals surface area (Å²) in [4.78, 5) is 16.5. The summed E-state index contributed by atoms with van der Waals surface area (Å²) in [5.74, 6) is -0.919. The minimum Gasteiger partial charge on any atom is -0.481 e. The summed E-state index contributed by atoms with van der Waals surface area (Å²) in [7, 11) is 0. The highest BCUT2D eigenvalue weighted by Crippen LogP contribution is 2.39. The van der Waals surface area contributed by atoms with Crippen LogP contribution in [0.25, 0.3) is 23.1 Å². The molecule has 0 spiro atoms. The monoisotopic (exact) mass is 557 g/mol. The van der Waals surface area contributed by atoms with Crippen molar-refractivity contribution in [2.45, 2.75) is 31.1 Å². The Bertz CT molecular complexity index is 1510. The molecule has 0 amide bonds. The van der Waals surface area contributed by atoms with Gasteiger partial charge in [0.25, 0.3) is 0 Å². The smallest absolute Gasteiger partial charge is 0.307 e. The topological polar surface area (TPSA) is 70.4 Å². The number of thioether (sulfide) groups is 1. The van der Waals surface area contributed by atoms with Crippen molar-refractivity contribution in [3.05, 3.63) is 124 Å². The van der Waals surface area contributed by atoms with E-state index in [-0.39, 0.29) is 5.25 Å². The highest BCUT2D eigenvalue weighted by molar-refractivity contribution is 7.99. The van der Waals surface area contributed by atoms with Crippen LogP contribution in [0.15, 0.2) is 91.5 Å². The Morgan fingerprint density at radius 1 is 1.03 bits per heavy atom. The average molecular weight is 558 g/mol. The van der Waals surface area contributed by atoms with Crippen LogP contribution in [0.4, 0.5) is 0 Å². The molecule has 1 aromatic heterocycles. The standard InChI is InChI=1S/C33H32ClNO3S/c1-4-7-26(32(36)37)21-39-31(25-10-6-11-27(19-25)33(2,3)38)24-9-5-8-22(18-24)12-16-29-17-14-23-13-15-28(34)20-30(23)35-29/h4-6,8-20,26,31,38H,1,7,21H2,2-3H3,(H,36,37)/b16-12+/t26-,31?/m1/s1. The highest BCUT2D eigenvalue weighted by Gasteiger charge is 2.23. The normalized spacial score (nSPS) is 13.4. The molecule has 0 saturated carbocycles. The van der Waals surface area contributed by atoms with Crippen LogP contribution in [0.1, 0.15) is 53.5 Å². The first kappa shape index (κ1) is 28.6. The highest BCUT2D eigenvalue weighted by atomic mass is 35.5. The van der Waals surface area contributed by atoms with Crippen LogP contribution in [0, 0.1) is 5.92 Å². The lowest BCUT2D eigenvalue weighted by Crippen LogP contribution is -2.17. The Labute approximate surface area is 239 Å². The van der Waals surface area contributed by atoms with Gasteiger partial charge < -0.3 is 10.2 Å². The molecular formula is C33H32ClNO3S. The van der Waals surface area contributed by atoms with Crippen LogP contribution in [0.5, 0.6) is 0 Å². The van der Waals surface area contributed by atoms with Crippen molar-refractivity contribution in [3.8, 4) is 0 Å². The number of fused-ring (bicyclic) bond motifs is 1. The SMILES string of the molecule is C=CC[C@H](CSC(c1cccc(/C=C/c2ccc3ccc(Cl)cc3n2)c1)c1cccc(C(C)(C)O)c1)C(=O)O. The molecule has 2 N–H and O–H groups in total. The summed E-state index contributed by atoms with van der Waals surface area (Å²) < 4.78 is 0. The van der Waals surface area contributed by atoms with Crippen LogP contribution >= 0.6 is 23.4 Å². The molecule has 2 atom stereocenters. The van der Waals surface area contributed by atoms with E-state index in [2.05, 4.69) is 18.7 Å². The van der Waals surface area contributed by atoms with Crippen molar-refractivity contribution < 1.29 is 15.0 Å². The van der Waals surface area contributed by atoms with E-state index in [1.54, 1.807) is 31.7 Å². The average Bonchev–Trinajstić information content (AvgIpc) is 2.91. The van der Waals surface area contributed by atoms with Gasteiger partial charge in [-0.25, -0.2) is 4.98 Å². The Hall–Kier alpha value is -3.38. The molecule has 4 rings (SSSR count). The molecule has 1 unspecified atom stereocenters. The molecule has 1 heterocycles. The molecule has 200 valence electrons. The minimum atomic E-state index is -0.987. The van der Waals surface area contributed by atoms with E-state index in [4.69, 9.17) is 16.6 Å². The molecule has 0 aliphatic carbocycles. The molecule has 0 bridgehead atoms. The number of carboxylic acid groups (broad SMARTS) is 1. The number of pyridine rings is 1. The fourth-order valence-electron chi connectivity index (χ4n) is 4.33. The number of benzene rings is 3. The predicted octanol–water partition coefficient (Wildman–Crippen LogP) is 8.39. The summed E-state index contributed by atoms with van der Waals surface area (Å²) >= 11 is 7.74. The van der Waals surface area contributed by atoms with Gasteiger partial charge in [0.1, 0.15) is 0 Å². The first-order valence-electron chi connectivity index (χ1n) is 12.8. The number of carbonyl (C=O) groups is 1. The molecule has 0 aliphatic heterocycles. The Balaban J connectivity index is 1.66. The number of hydrogen-bond acceptors (Lipinski definition) is 4.